The number of amides is 1. The van der Waals surface area contributed by atoms with E-state index in [4.69, 9.17) is 5.26 Å². The fourth-order valence-electron chi connectivity index (χ4n) is 2.44. The second-order valence-electron chi connectivity index (χ2n) is 5.52. The van der Waals surface area contributed by atoms with Gasteiger partial charge in [0, 0.05) is 31.0 Å². The number of nitrogens with zero attached hydrogens (tertiary/aromatic N) is 3. The van der Waals surface area contributed by atoms with E-state index in [2.05, 4.69) is 21.3 Å². The summed E-state index contributed by atoms with van der Waals surface area (Å²) in [6.45, 7) is 5.34. The molecule has 0 aliphatic carbocycles. The van der Waals surface area contributed by atoms with Crippen molar-refractivity contribution in [2.24, 2.45) is 0 Å². The SMILES string of the molecule is CC1(C)CN(Cc2cccnc2)C(CC#N)C(=O)N1. The summed E-state index contributed by atoms with van der Waals surface area (Å²) in [6, 6.07) is 5.58. The lowest BCUT2D eigenvalue weighted by Gasteiger charge is -2.43. The number of hydrogen-bond acceptors (Lipinski definition) is 4. The van der Waals surface area contributed by atoms with Gasteiger partial charge in [-0.1, -0.05) is 6.07 Å². The lowest BCUT2D eigenvalue weighted by atomic mass is 9.96. The first-order valence-corrected chi connectivity index (χ1v) is 6.34. The standard InChI is InChI=1S/C14H18N4O/c1-14(2)10-18(9-11-4-3-7-16-8-11)12(5-6-15)13(19)17-14/h3-4,7-8,12H,5,9-10H2,1-2H3,(H,17,19). The molecule has 1 aromatic heterocycles. The van der Waals surface area contributed by atoms with Gasteiger partial charge in [-0.05, 0) is 25.5 Å². The van der Waals surface area contributed by atoms with E-state index in [0.717, 1.165) is 12.1 Å². The Hall–Kier alpha value is -1.93. The van der Waals surface area contributed by atoms with Crippen molar-refractivity contribution in [3.05, 3.63) is 30.1 Å². The molecule has 0 spiro atoms. The lowest BCUT2D eigenvalue weighted by molar-refractivity contribution is -0.133. The average molecular weight is 258 g/mol. The molecular weight excluding hydrogens is 240 g/mol. The summed E-state index contributed by atoms with van der Waals surface area (Å²) in [5.74, 6) is -0.0679. The van der Waals surface area contributed by atoms with Crippen molar-refractivity contribution >= 4 is 5.91 Å². The zero-order chi connectivity index (χ0) is 13.9. The second-order valence-corrected chi connectivity index (χ2v) is 5.52. The summed E-state index contributed by atoms with van der Waals surface area (Å²) in [5, 5.41) is 11.8. The summed E-state index contributed by atoms with van der Waals surface area (Å²) in [6.07, 6.45) is 3.73. The van der Waals surface area contributed by atoms with Crippen LogP contribution in [-0.4, -0.2) is 33.9 Å². The molecule has 5 heteroatoms. The molecule has 1 saturated heterocycles. The van der Waals surface area contributed by atoms with Gasteiger partial charge in [0.2, 0.25) is 5.91 Å². The highest BCUT2D eigenvalue weighted by molar-refractivity contribution is 5.83. The molecule has 0 saturated carbocycles. The molecule has 1 fully saturated rings. The molecule has 1 unspecified atom stereocenters. The molecule has 1 N–H and O–H groups in total. The molecule has 19 heavy (non-hydrogen) atoms. The van der Waals surface area contributed by atoms with Gasteiger partial charge in [-0.25, -0.2) is 0 Å². The van der Waals surface area contributed by atoms with E-state index < -0.39 is 0 Å². The van der Waals surface area contributed by atoms with E-state index in [1.165, 1.54) is 0 Å². The van der Waals surface area contributed by atoms with Crippen LogP contribution in [0.25, 0.3) is 0 Å². The van der Waals surface area contributed by atoms with Gasteiger partial charge in [0.25, 0.3) is 0 Å². The third kappa shape index (κ3) is 3.30. The number of hydrogen-bond donors (Lipinski definition) is 1. The Kier molecular flexibility index (Phi) is 3.82. The molecule has 0 aromatic carbocycles. The highest BCUT2D eigenvalue weighted by atomic mass is 16.2. The average Bonchev–Trinajstić information content (AvgIpc) is 2.34. The largest absolute Gasteiger partial charge is 0.349 e. The predicted octanol–water partition coefficient (Wildman–Crippen LogP) is 1.07. The molecule has 1 atom stereocenters. The van der Waals surface area contributed by atoms with Crippen molar-refractivity contribution in [1.82, 2.24) is 15.2 Å². The Labute approximate surface area is 113 Å². The van der Waals surface area contributed by atoms with Crippen LogP contribution < -0.4 is 5.32 Å². The first-order valence-electron chi connectivity index (χ1n) is 6.34. The minimum absolute atomic E-state index is 0.0679. The summed E-state index contributed by atoms with van der Waals surface area (Å²) in [5.41, 5.74) is 0.779. The van der Waals surface area contributed by atoms with Gasteiger partial charge in [0.05, 0.1) is 12.5 Å². The molecule has 5 nitrogen and oxygen atoms in total. The number of nitrogens with one attached hydrogen (secondary N) is 1. The summed E-state index contributed by atoms with van der Waals surface area (Å²) < 4.78 is 0. The van der Waals surface area contributed by atoms with E-state index in [-0.39, 0.29) is 23.9 Å². The van der Waals surface area contributed by atoms with Crippen molar-refractivity contribution in [2.45, 2.75) is 38.4 Å². The highest BCUT2D eigenvalue weighted by Crippen LogP contribution is 2.20. The van der Waals surface area contributed by atoms with Crippen LogP contribution >= 0.6 is 0 Å². The summed E-state index contributed by atoms with van der Waals surface area (Å²) in [4.78, 5) is 18.2. The highest BCUT2D eigenvalue weighted by Gasteiger charge is 2.38. The molecular formula is C14H18N4O. The topological polar surface area (TPSA) is 69.0 Å². The van der Waals surface area contributed by atoms with Crippen molar-refractivity contribution in [3.8, 4) is 6.07 Å². The van der Waals surface area contributed by atoms with Gasteiger partial charge >= 0.3 is 0 Å². The van der Waals surface area contributed by atoms with Gasteiger partial charge in [-0.2, -0.15) is 5.26 Å². The van der Waals surface area contributed by atoms with Gasteiger partial charge in [-0.3, -0.25) is 14.7 Å². The second kappa shape index (κ2) is 5.37. The minimum Gasteiger partial charge on any atom is -0.349 e. The number of rotatable bonds is 3. The van der Waals surface area contributed by atoms with E-state index in [1.807, 2.05) is 26.0 Å². The Bertz CT molecular complexity index is 492. The number of aromatic nitrogens is 1. The van der Waals surface area contributed by atoms with Gasteiger partial charge < -0.3 is 5.32 Å². The zero-order valence-corrected chi connectivity index (χ0v) is 11.3. The van der Waals surface area contributed by atoms with Crippen LogP contribution in [-0.2, 0) is 11.3 Å². The predicted molar refractivity (Wildman–Crippen MR) is 70.9 cm³/mol. The number of piperazine rings is 1. The third-order valence-corrected chi connectivity index (χ3v) is 3.20. The van der Waals surface area contributed by atoms with Crippen LogP contribution in [0.5, 0.6) is 0 Å². The normalized spacial score (nSPS) is 22.6. The van der Waals surface area contributed by atoms with Crippen LogP contribution in [0.4, 0.5) is 0 Å². The first-order chi connectivity index (χ1) is 9.02. The van der Waals surface area contributed by atoms with Crippen LogP contribution in [0, 0.1) is 11.3 Å². The van der Waals surface area contributed by atoms with E-state index in [1.54, 1.807) is 12.4 Å². The smallest absolute Gasteiger partial charge is 0.238 e. The molecule has 1 aliphatic heterocycles. The zero-order valence-electron chi connectivity index (χ0n) is 11.3. The number of carbonyl (C=O) groups is 1. The van der Waals surface area contributed by atoms with Crippen molar-refractivity contribution in [1.29, 1.82) is 5.26 Å². The van der Waals surface area contributed by atoms with Gasteiger partial charge in [-0.15, -0.1) is 0 Å². The Morgan fingerprint density at radius 3 is 3.05 bits per heavy atom. The third-order valence-electron chi connectivity index (χ3n) is 3.20. The molecule has 1 aliphatic rings. The molecule has 0 bridgehead atoms. The van der Waals surface area contributed by atoms with Gasteiger partial charge in [0.1, 0.15) is 6.04 Å². The first kappa shape index (κ1) is 13.5. The monoisotopic (exact) mass is 258 g/mol. The summed E-state index contributed by atoms with van der Waals surface area (Å²) >= 11 is 0. The van der Waals surface area contributed by atoms with Gasteiger partial charge in [0.15, 0.2) is 0 Å². The maximum atomic E-state index is 12.1. The Balaban J connectivity index is 2.18. The number of carbonyl (C=O) groups excluding carboxylic acids is 1. The maximum absolute atomic E-state index is 12.1. The van der Waals surface area contributed by atoms with Crippen molar-refractivity contribution in [3.63, 3.8) is 0 Å². The van der Waals surface area contributed by atoms with E-state index in [9.17, 15) is 4.79 Å². The van der Waals surface area contributed by atoms with Crippen LogP contribution in [0.2, 0.25) is 0 Å². The number of pyridine rings is 1. The van der Waals surface area contributed by atoms with Crippen molar-refractivity contribution < 1.29 is 4.79 Å². The quantitative estimate of drug-likeness (QED) is 0.880. The van der Waals surface area contributed by atoms with Crippen molar-refractivity contribution in [2.75, 3.05) is 6.54 Å². The minimum atomic E-state index is -0.377. The summed E-state index contributed by atoms with van der Waals surface area (Å²) in [7, 11) is 0. The molecule has 2 heterocycles. The van der Waals surface area contributed by atoms with E-state index >= 15 is 0 Å². The molecule has 1 aromatic rings. The molecule has 100 valence electrons. The molecule has 1 amide bonds. The van der Waals surface area contributed by atoms with Crippen LogP contribution in [0.1, 0.15) is 25.8 Å². The number of nitriles is 1. The van der Waals surface area contributed by atoms with E-state index in [0.29, 0.717) is 6.54 Å². The van der Waals surface area contributed by atoms with Crippen LogP contribution in [0.3, 0.4) is 0 Å². The maximum Gasteiger partial charge on any atom is 0.238 e. The molecule has 2 rings (SSSR count). The Morgan fingerprint density at radius 2 is 2.42 bits per heavy atom. The fourth-order valence-corrected chi connectivity index (χ4v) is 2.44. The fraction of sp³-hybridized carbons (Fsp3) is 0.500. The van der Waals surface area contributed by atoms with Crippen LogP contribution in [0.15, 0.2) is 24.5 Å². The molecule has 0 radical (unpaired) electrons. The lowest BCUT2D eigenvalue weighted by Crippen LogP contribution is -2.64. The Morgan fingerprint density at radius 1 is 1.63 bits per heavy atom.